The minimum absolute atomic E-state index is 0.0252. The molecule has 0 radical (unpaired) electrons. The molecule has 1 aliphatic heterocycles. The van der Waals surface area contributed by atoms with Gasteiger partial charge in [0.15, 0.2) is 6.10 Å². The van der Waals surface area contributed by atoms with E-state index >= 15 is 0 Å². The SMILES string of the molecule is CC[C@H]1Oc2ccc(NC(=O)c3cccs3)cc2CN(CCc2ccccc2OC)C1=O. The van der Waals surface area contributed by atoms with Crippen molar-refractivity contribution in [1.82, 2.24) is 4.90 Å². The van der Waals surface area contributed by atoms with Gasteiger partial charge >= 0.3 is 0 Å². The average Bonchev–Trinajstić information content (AvgIpc) is 3.32. The third kappa shape index (κ3) is 4.78. The van der Waals surface area contributed by atoms with E-state index in [0.29, 0.717) is 42.2 Å². The molecular weight excluding hydrogens is 424 g/mol. The zero-order chi connectivity index (χ0) is 22.5. The molecule has 0 bridgehead atoms. The molecule has 32 heavy (non-hydrogen) atoms. The largest absolute Gasteiger partial charge is 0.496 e. The molecule has 1 atom stereocenters. The number of nitrogens with zero attached hydrogens (tertiary/aromatic N) is 1. The Bertz CT molecular complexity index is 1100. The monoisotopic (exact) mass is 450 g/mol. The van der Waals surface area contributed by atoms with Gasteiger partial charge in [0, 0.05) is 24.3 Å². The zero-order valence-electron chi connectivity index (χ0n) is 18.2. The summed E-state index contributed by atoms with van der Waals surface area (Å²) in [4.78, 5) is 28.1. The van der Waals surface area contributed by atoms with Crippen molar-refractivity contribution in [2.24, 2.45) is 0 Å². The number of fused-ring (bicyclic) bond motifs is 1. The van der Waals surface area contributed by atoms with E-state index in [1.165, 1.54) is 11.3 Å². The number of para-hydroxylation sites is 1. The average molecular weight is 451 g/mol. The summed E-state index contributed by atoms with van der Waals surface area (Å²) in [6.07, 6.45) is 0.733. The van der Waals surface area contributed by atoms with Crippen molar-refractivity contribution in [3.05, 3.63) is 76.0 Å². The number of ether oxygens (including phenoxy) is 2. The van der Waals surface area contributed by atoms with Gasteiger partial charge in [-0.2, -0.15) is 0 Å². The predicted octanol–water partition coefficient (Wildman–Crippen LogP) is 4.75. The van der Waals surface area contributed by atoms with Crippen molar-refractivity contribution in [1.29, 1.82) is 0 Å². The van der Waals surface area contributed by atoms with Crippen molar-refractivity contribution in [2.45, 2.75) is 32.4 Å². The maximum absolute atomic E-state index is 13.1. The van der Waals surface area contributed by atoms with Gasteiger partial charge in [0.05, 0.1) is 12.0 Å². The zero-order valence-corrected chi connectivity index (χ0v) is 19.0. The van der Waals surface area contributed by atoms with E-state index in [1.54, 1.807) is 13.2 Å². The summed E-state index contributed by atoms with van der Waals surface area (Å²) in [7, 11) is 1.65. The molecule has 2 heterocycles. The molecule has 1 N–H and O–H groups in total. The Hall–Kier alpha value is -3.32. The Kier molecular flexibility index (Phi) is 6.75. The van der Waals surface area contributed by atoms with Crippen LogP contribution >= 0.6 is 11.3 Å². The highest BCUT2D eigenvalue weighted by atomic mass is 32.1. The van der Waals surface area contributed by atoms with Crippen molar-refractivity contribution < 1.29 is 19.1 Å². The highest BCUT2D eigenvalue weighted by molar-refractivity contribution is 7.12. The van der Waals surface area contributed by atoms with Crippen LogP contribution in [0.3, 0.4) is 0 Å². The topological polar surface area (TPSA) is 67.9 Å². The first kappa shape index (κ1) is 21.9. The Morgan fingerprint density at radius 3 is 2.81 bits per heavy atom. The van der Waals surface area contributed by atoms with Gasteiger partial charge in [-0.15, -0.1) is 11.3 Å². The molecule has 0 saturated heterocycles. The molecule has 0 spiro atoms. The number of hydrogen-bond donors (Lipinski definition) is 1. The lowest BCUT2D eigenvalue weighted by Gasteiger charge is -2.23. The minimum Gasteiger partial charge on any atom is -0.496 e. The summed E-state index contributed by atoms with van der Waals surface area (Å²) in [5, 5.41) is 4.81. The minimum atomic E-state index is -0.527. The van der Waals surface area contributed by atoms with Crippen molar-refractivity contribution >= 4 is 28.8 Å². The van der Waals surface area contributed by atoms with Crippen LogP contribution in [0.5, 0.6) is 11.5 Å². The fraction of sp³-hybridized carbons (Fsp3) is 0.280. The molecule has 166 valence electrons. The molecule has 3 aromatic rings. The second-order valence-corrected chi connectivity index (χ2v) is 8.54. The highest BCUT2D eigenvalue weighted by Gasteiger charge is 2.30. The van der Waals surface area contributed by atoms with Gasteiger partial charge in [0.25, 0.3) is 11.8 Å². The highest BCUT2D eigenvalue weighted by Crippen LogP contribution is 2.30. The van der Waals surface area contributed by atoms with Crippen LogP contribution in [-0.4, -0.2) is 36.5 Å². The third-order valence-electron chi connectivity index (χ3n) is 5.50. The number of methoxy groups -OCH3 is 1. The third-order valence-corrected chi connectivity index (χ3v) is 6.36. The van der Waals surface area contributed by atoms with E-state index in [-0.39, 0.29) is 11.8 Å². The van der Waals surface area contributed by atoms with Gasteiger partial charge < -0.3 is 19.7 Å². The molecule has 0 unspecified atom stereocenters. The lowest BCUT2D eigenvalue weighted by Crippen LogP contribution is -2.40. The van der Waals surface area contributed by atoms with Crippen molar-refractivity contribution in [3.63, 3.8) is 0 Å². The molecule has 1 aromatic heterocycles. The Labute approximate surface area is 191 Å². The first-order chi connectivity index (χ1) is 15.6. The predicted molar refractivity (Wildman–Crippen MR) is 126 cm³/mol. The second kappa shape index (κ2) is 9.87. The van der Waals surface area contributed by atoms with Crippen LogP contribution in [0.1, 0.15) is 34.1 Å². The number of carbonyl (C=O) groups is 2. The maximum Gasteiger partial charge on any atom is 0.265 e. The van der Waals surface area contributed by atoms with Gasteiger partial charge in [0.1, 0.15) is 11.5 Å². The summed E-state index contributed by atoms with van der Waals surface area (Å²) < 4.78 is 11.5. The maximum atomic E-state index is 13.1. The van der Waals surface area contributed by atoms with Crippen molar-refractivity contribution in [2.75, 3.05) is 19.0 Å². The quantitative estimate of drug-likeness (QED) is 0.564. The van der Waals surface area contributed by atoms with Crippen LogP contribution in [0, 0.1) is 0 Å². The number of anilines is 1. The molecule has 1 aliphatic rings. The van der Waals surface area contributed by atoms with Crippen molar-refractivity contribution in [3.8, 4) is 11.5 Å². The van der Waals surface area contributed by atoms with Gasteiger partial charge in [0.2, 0.25) is 0 Å². The molecule has 0 fully saturated rings. The van der Waals surface area contributed by atoms with E-state index in [9.17, 15) is 9.59 Å². The van der Waals surface area contributed by atoms with Crippen LogP contribution in [0.15, 0.2) is 60.0 Å². The van der Waals surface area contributed by atoms with Crippen LogP contribution in [-0.2, 0) is 17.8 Å². The fourth-order valence-electron chi connectivity index (χ4n) is 3.80. The first-order valence-electron chi connectivity index (χ1n) is 10.6. The summed E-state index contributed by atoms with van der Waals surface area (Å²) >= 11 is 1.39. The van der Waals surface area contributed by atoms with Crippen LogP contribution < -0.4 is 14.8 Å². The standard InChI is InChI=1S/C25H26N2O4S/c1-3-20-25(29)27(13-12-17-7-4-5-8-21(17)30-2)16-18-15-19(10-11-22(18)31-20)26-24(28)23-9-6-14-32-23/h4-11,14-15,20H,3,12-13,16H2,1-2H3,(H,26,28)/t20-/m1/s1. The molecule has 2 amide bonds. The normalized spacial score (nSPS) is 15.5. The van der Waals surface area contributed by atoms with Gasteiger partial charge in [-0.3, -0.25) is 9.59 Å². The first-order valence-corrected chi connectivity index (χ1v) is 11.5. The van der Waals surface area contributed by atoms with Crippen LogP contribution in [0.4, 0.5) is 5.69 Å². The number of hydrogen-bond acceptors (Lipinski definition) is 5. The lowest BCUT2D eigenvalue weighted by molar-refractivity contribution is -0.138. The molecule has 2 aromatic carbocycles. The van der Waals surface area contributed by atoms with E-state index < -0.39 is 6.10 Å². The molecule has 0 saturated carbocycles. The number of rotatable bonds is 7. The van der Waals surface area contributed by atoms with E-state index in [2.05, 4.69) is 5.32 Å². The Balaban J connectivity index is 1.54. The summed E-state index contributed by atoms with van der Waals surface area (Å²) in [5.41, 5.74) is 2.61. The van der Waals surface area contributed by atoms with Crippen LogP contribution in [0.2, 0.25) is 0 Å². The lowest BCUT2D eigenvalue weighted by atomic mass is 10.1. The van der Waals surface area contributed by atoms with Gasteiger partial charge in [-0.05, 0) is 54.1 Å². The number of amides is 2. The molecule has 4 rings (SSSR count). The van der Waals surface area contributed by atoms with Gasteiger partial charge in [-0.25, -0.2) is 0 Å². The summed E-state index contributed by atoms with van der Waals surface area (Å²) in [6, 6.07) is 17.0. The van der Waals surface area contributed by atoms with Crippen LogP contribution in [0.25, 0.3) is 0 Å². The van der Waals surface area contributed by atoms with E-state index in [0.717, 1.165) is 16.9 Å². The number of nitrogens with one attached hydrogen (secondary N) is 1. The van der Waals surface area contributed by atoms with E-state index in [1.807, 2.05) is 65.7 Å². The Morgan fingerprint density at radius 1 is 1.22 bits per heavy atom. The Morgan fingerprint density at radius 2 is 2.06 bits per heavy atom. The second-order valence-electron chi connectivity index (χ2n) is 7.59. The molecule has 0 aliphatic carbocycles. The number of thiophene rings is 1. The summed E-state index contributed by atoms with van der Waals surface area (Å²) in [6.45, 7) is 2.91. The molecular formula is C25H26N2O4S. The smallest absolute Gasteiger partial charge is 0.265 e. The number of carbonyl (C=O) groups excluding carboxylic acids is 2. The molecule has 6 nitrogen and oxygen atoms in total. The molecule has 7 heteroatoms. The number of benzene rings is 2. The summed E-state index contributed by atoms with van der Waals surface area (Å²) in [5.74, 6) is 1.32. The fourth-order valence-corrected chi connectivity index (χ4v) is 4.42. The van der Waals surface area contributed by atoms with Gasteiger partial charge in [-0.1, -0.05) is 31.2 Å². The van der Waals surface area contributed by atoms with E-state index in [4.69, 9.17) is 9.47 Å².